The number of halogens is 1. The third kappa shape index (κ3) is 2.70. The van der Waals surface area contributed by atoms with Gasteiger partial charge in [-0.15, -0.1) is 0 Å². The molecule has 2 unspecified atom stereocenters. The van der Waals surface area contributed by atoms with Crippen LogP contribution in [0.5, 0.6) is 0 Å². The second-order valence-corrected chi connectivity index (χ2v) is 6.17. The van der Waals surface area contributed by atoms with Crippen molar-refractivity contribution in [3.8, 4) is 0 Å². The third-order valence-corrected chi connectivity index (χ3v) is 4.28. The molecule has 1 fully saturated rings. The second-order valence-electron chi connectivity index (χ2n) is 5.25. The van der Waals surface area contributed by atoms with Crippen LogP contribution < -0.4 is 5.32 Å². The van der Waals surface area contributed by atoms with Crippen molar-refractivity contribution in [3.05, 3.63) is 28.5 Å². The summed E-state index contributed by atoms with van der Waals surface area (Å²) in [6, 6.07) is 3.24. The van der Waals surface area contributed by atoms with Gasteiger partial charge in [0.25, 0.3) is 0 Å². The number of aromatic nitrogens is 1. The molecule has 5 nitrogen and oxygen atoms in total. The fourth-order valence-electron chi connectivity index (χ4n) is 2.19. The number of amides is 2. The average Bonchev–Trinajstić information content (AvgIpc) is 2.43. The highest BCUT2D eigenvalue weighted by Gasteiger charge is 2.45. The molecule has 0 saturated carbocycles. The number of hydrogen-bond acceptors (Lipinski definition) is 3. The van der Waals surface area contributed by atoms with Crippen molar-refractivity contribution in [2.24, 2.45) is 0 Å². The van der Waals surface area contributed by atoms with Gasteiger partial charge in [0.15, 0.2) is 0 Å². The monoisotopic (exact) mass is 339 g/mol. The number of carbonyl (C=O) groups is 2. The Morgan fingerprint density at radius 3 is 2.70 bits per heavy atom. The first-order valence-electron chi connectivity index (χ1n) is 6.61. The summed E-state index contributed by atoms with van der Waals surface area (Å²) >= 11 is 3.33. The van der Waals surface area contributed by atoms with E-state index in [2.05, 4.69) is 26.2 Å². The zero-order chi connectivity index (χ0) is 14.9. The summed E-state index contributed by atoms with van der Waals surface area (Å²) in [4.78, 5) is 30.5. The molecule has 0 radical (unpaired) electrons. The van der Waals surface area contributed by atoms with Crippen molar-refractivity contribution >= 4 is 27.7 Å². The lowest BCUT2D eigenvalue weighted by Gasteiger charge is -2.42. The Kier molecular flexibility index (Phi) is 4.13. The van der Waals surface area contributed by atoms with Crippen molar-refractivity contribution in [3.63, 3.8) is 0 Å². The molecule has 1 saturated heterocycles. The number of carbonyl (C=O) groups excluding carboxylic acids is 2. The Morgan fingerprint density at radius 2 is 2.15 bits per heavy atom. The van der Waals surface area contributed by atoms with Crippen LogP contribution in [0.25, 0.3) is 0 Å². The minimum atomic E-state index is -0.820. The van der Waals surface area contributed by atoms with E-state index in [1.54, 1.807) is 24.9 Å². The summed E-state index contributed by atoms with van der Waals surface area (Å²) in [7, 11) is 0. The van der Waals surface area contributed by atoms with Gasteiger partial charge in [0.1, 0.15) is 11.6 Å². The highest BCUT2D eigenvalue weighted by Crippen LogP contribution is 2.23. The van der Waals surface area contributed by atoms with E-state index in [-0.39, 0.29) is 11.8 Å². The van der Waals surface area contributed by atoms with Crippen LogP contribution in [0.1, 0.15) is 32.9 Å². The largest absolute Gasteiger partial charge is 0.340 e. The summed E-state index contributed by atoms with van der Waals surface area (Å²) < 4.78 is 0.885. The second kappa shape index (κ2) is 5.52. The molecule has 0 bridgehead atoms. The Bertz CT molecular complexity index is 532. The van der Waals surface area contributed by atoms with Crippen molar-refractivity contribution in [2.75, 3.05) is 0 Å². The zero-order valence-electron chi connectivity index (χ0n) is 11.8. The molecule has 1 aliphatic rings. The van der Waals surface area contributed by atoms with E-state index in [1.165, 1.54) is 0 Å². The van der Waals surface area contributed by atoms with Crippen LogP contribution in [-0.4, -0.2) is 33.3 Å². The lowest BCUT2D eigenvalue weighted by molar-refractivity contribution is -0.154. The molecule has 2 amide bonds. The normalized spacial score (nSPS) is 26.6. The summed E-state index contributed by atoms with van der Waals surface area (Å²) in [5.41, 5.74) is -0.0552. The number of pyridine rings is 1. The lowest BCUT2D eigenvalue weighted by atomic mass is 9.92. The fraction of sp³-hybridized carbons (Fsp3) is 0.500. The van der Waals surface area contributed by atoms with Gasteiger partial charge in [-0.1, -0.05) is 6.92 Å². The standard InChI is InChI=1S/C14H18BrN3O2/c1-4-14(3)13(20)18(9(2)12(19)17-14)8-11-6-5-10(15)7-16-11/h5-7,9H,4,8H2,1-3H3,(H,17,19). The van der Waals surface area contributed by atoms with Gasteiger partial charge in [-0.3, -0.25) is 14.6 Å². The summed E-state index contributed by atoms with van der Waals surface area (Å²) in [5, 5.41) is 2.81. The maximum absolute atomic E-state index is 12.6. The van der Waals surface area contributed by atoms with Gasteiger partial charge in [-0.05, 0) is 48.3 Å². The first-order chi connectivity index (χ1) is 9.37. The molecule has 1 aromatic heterocycles. The molecule has 108 valence electrons. The van der Waals surface area contributed by atoms with Crippen LogP contribution in [0.3, 0.4) is 0 Å². The highest BCUT2D eigenvalue weighted by atomic mass is 79.9. The molecule has 2 atom stereocenters. The number of nitrogens with one attached hydrogen (secondary N) is 1. The Hall–Kier alpha value is -1.43. The van der Waals surface area contributed by atoms with Crippen LogP contribution in [0.2, 0.25) is 0 Å². The number of piperazine rings is 1. The van der Waals surface area contributed by atoms with E-state index >= 15 is 0 Å². The van der Waals surface area contributed by atoms with E-state index < -0.39 is 11.6 Å². The molecule has 1 N–H and O–H groups in total. The van der Waals surface area contributed by atoms with Gasteiger partial charge >= 0.3 is 0 Å². The van der Waals surface area contributed by atoms with Crippen molar-refractivity contribution < 1.29 is 9.59 Å². The van der Waals surface area contributed by atoms with E-state index in [9.17, 15) is 9.59 Å². The molecule has 1 aliphatic heterocycles. The van der Waals surface area contributed by atoms with E-state index in [1.807, 2.05) is 19.1 Å². The van der Waals surface area contributed by atoms with E-state index in [4.69, 9.17) is 0 Å². The number of hydrogen-bond donors (Lipinski definition) is 1. The summed E-state index contributed by atoms with van der Waals surface area (Å²) in [5.74, 6) is -0.178. The van der Waals surface area contributed by atoms with Gasteiger partial charge in [0.2, 0.25) is 11.8 Å². The predicted molar refractivity (Wildman–Crippen MR) is 78.8 cm³/mol. The molecule has 20 heavy (non-hydrogen) atoms. The average molecular weight is 340 g/mol. The third-order valence-electron chi connectivity index (χ3n) is 3.81. The minimum absolute atomic E-state index is 0.0585. The topological polar surface area (TPSA) is 62.3 Å². The quantitative estimate of drug-likeness (QED) is 0.914. The molecule has 2 rings (SSSR count). The summed E-state index contributed by atoms with van der Waals surface area (Å²) in [6.07, 6.45) is 2.25. The minimum Gasteiger partial charge on any atom is -0.340 e. The number of rotatable bonds is 3. The molecule has 0 aliphatic carbocycles. The van der Waals surface area contributed by atoms with E-state index in [0.29, 0.717) is 13.0 Å². The van der Waals surface area contributed by atoms with Crippen LogP contribution in [0, 0.1) is 0 Å². The molecule has 6 heteroatoms. The maximum atomic E-state index is 12.6. The number of nitrogens with zero attached hydrogens (tertiary/aromatic N) is 2. The van der Waals surface area contributed by atoms with Crippen LogP contribution in [0.15, 0.2) is 22.8 Å². The van der Waals surface area contributed by atoms with Crippen molar-refractivity contribution in [1.29, 1.82) is 0 Å². The molecule has 2 heterocycles. The van der Waals surface area contributed by atoms with Crippen LogP contribution in [0.4, 0.5) is 0 Å². The van der Waals surface area contributed by atoms with E-state index in [0.717, 1.165) is 10.2 Å². The lowest BCUT2D eigenvalue weighted by Crippen LogP contribution is -2.68. The van der Waals surface area contributed by atoms with Gasteiger partial charge in [0, 0.05) is 10.7 Å². The first-order valence-corrected chi connectivity index (χ1v) is 7.40. The van der Waals surface area contributed by atoms with Crippen LogP contribution in [-0.2, 0) is 16.1 Å². The van der Waals surface area contributed by atoms with Crippen molar-refractivity contribution in [2.45, 2.75) is 45.3 Å². The zero-order valence-corrected chi connectivity index (χ0v) is 13.4. The predicted octanol–water partition coefficient (Wildman–Crippen LogP) is 1.86. The smallest absolute Gasteiger partial charge is 0.249 e. The first kappa shape index (κ1) is 15.0. The van der Waals surface area contributed by atoms with Gasteiger partial charge in [0.05, 0.1) is 12.2 Å². The van der Waals surface area contributed by atoms with Crippen LogP contribution >= 0.6 is 15.9 Å². The van der Waals surface area contributed by atoms with Gasteiger partial charge in [-0.25, -0.2) is 0 Å². The van der Waals surface area contributed by atoms with Gasteiger partial charge in [-0.2, -0.15) is 0 Å². The summed E-state index contributed by atoms with van der Waals surface area (Å²) in [6.45, 7) is 5.74. The Labute approximate surface area is 126 Å². The maximum Gasteiger partial charge on any atom is 0.249 e. The molecule has 0 aromatic carbocycles. The SMILES string of the molecule is CCC1(C)NC(=O)C(C)N(Cc2ccc(Br)cn2)C1=O. The van der Waals surface area contributed by atoms with Crippen molar-refractivity contribution in [1.82, 2.24) is 15.2 Å². The Morgan fingerprint density at radius 1 is 1.45 bits per heavy atom. The molecular weight excluding hydrogens is 322 g/mol. The fourth-order valence-corrected chi connectivity index (χ4v) is 2.42. The molecule has 1 aromatic rings. The molecular formula is C14H18BrN3O2. The highest BCUT2D eigenvalue weighted by molar-refractivity contribution is 9.10. The van der Waals surface area contributed by atoms with Gasteiger partial charge < -0.3 is 10.2 Å². The molecule has 0 spiro atoms. The Balaban J connectivity index is 2.25.